The third-order valence-electron chi connectivity index (χ3n) is 16.3. The van der Waals surface area contributed by atoms with Crippen LogP contribution in [0.2, 0.25) is 0 Å². The average Bonchev–Trinajstić information content (AvgIpc) is 4.16. The van der Waals surface area contributed by atoms with Crippen LogP contribution in [0, 0.1) is 0 Å². The molecule has 0 atom stereocenters. The summed E-state index contributed by atoms with van der Waals surface area (Å²) in [6, 6.07) is 77.0. The van der Waals surface area contributed by atoms with Crippen molar-refractivity contribution in [3.63, 3.8) is 0 Å². The Hall–Kier alpha value is -7.88. The largest absolute Gasteiger partial charge is 0.310 e. The fraction of sp³-hybridized carbons (Fsp3) is 0.0333. The molecule has 0 amide bonds. The second-order valence-corrected chi connectivity index (χ2v) is 18.5. The molecule has 0 fully saturated rings. The van der Waals surface area contributed by atoms with E-state index in [0.717, 1.165) is 0 Å². The molecule has 3 heteroatoms. The fourth-order valence-corrected chi connectivity index (χ4v) is 14.5. The topological polar surface area (TPSA) is 9.86 Å². The van der Waals surface area contributed by atoms with Crippen molar-refractivity contribution < 1.29 is 0 Å². The summed E-state index contributed by atoms with van der Waals surface area (Å²) < 4.78 is 5.39. The van der Waals surface area contributed by atoms with Crippen LogP contribution in [0.15, 0.2) is 200 Å². The van der Waals surface area contributed by atoms with Crippen LogP contribution in [0.25, 0.3) is 77.9 Å². The van der Waals surface area contributed by atoms with E-state index < -0.39 is 10.8 Å². The third-order valence-corrected chi connectivity index (χ3v) is 16.3. The van der Waals surface area contributed by atoms with Crippen molar-refractivity contribution in [2.24, 2.45) is 0 Å². The van der Waals surface area contributed by atoms with Gasteiger partial charge in [-0.25, -0.2) is 0 Å². The van der Waals surface area contributed by atoms with Crippen LogP contribution >= 0.6 is 0 Å². The SMILES string of the molecule is c1ccc2c(c1)-c1ccccc1C21c2ccccc2-c2c1c1cccc3c1n2-c1cccc2c1B3c1cccc3c4c(n-2c13)-c1ccccc1C41c2ccccc2-c2ccccc21. The highest BCUT2D eigenvalue weighted by Crippen LogP contribution is 2.67. The molecule has 2 aromatic heterocycles. The smallest absolute Gasteiger partial charge is 0.252 e. The highest BCUT2D eigenvalue weighted by Gasteiger charge is 2.57. The number of rotatable bonds is 0. The first kappa shape index (κ1) is 31.9. The van der Waals surface area contributed by atoms with Crippen LogP contribution in [-0.2, 0) is 10.8 Å². The van der Waals surface area contributed by atoms with E-state index in [1.165, 1.54) is 139 Å². The number of nitrogens with zero attached hydrogens (tertiary/aromatic N) is 2. The second-order valence-electron chi connectivity index (χ2n) is 18.5. The quantitative estimate of drug-likeness (QED) is 0.135. The Morgan fingerprint density at radius 1 is 0.302 bits per heavy atom. The number of aromatic nitrogens is 2. The maximum absolute atomic E-state index is 2.69. The van der Waals surface area contributed by atoms with Crippen LogP contribution in [0.3, 0.4) is 0 Å². The Kier molecular flexibility index (Phi) is 5.28. The molecule has 0 unspecified atom stereocenters. The van der Waals surface area contributed by atoms with Gasteiger partial charge in [0.25, 0.3) is 6.71 Å². The first-order valence-corrected chi connectivity index (χ1v) is 22.4. The first-order valence-electron chi connectivity index (χ1n) is 22.4. The summed E-state index contributed by atoms with van der Waals surface area (Å²) in [6.45, 7) is 0.0670. The molecule has 4 aliphatic carbocycles. The van der Waals surface area contributed by atoms with E-state index in [1.807, 2.05) is 0 Å². The molecule has 2 aliphatic heterocycles. The molecule has 63 heavy (non-hydrogen) atoms. The van der Waals surface area contributed by atoms with Gasteiger partial charge in [-0.05, 0) is 84.2 Å². The van der Waals surface area contributed by atoms with Crippen LogP contribution in [0.5, 0.6) is 0 Å². The monoisotopic (exact) mass is 792 g/mol. The maximum Gasteiger partial charge on any atom is 0.252 e. The molecule has 286 valence electrons. The normalized spacial score (nSPS) is 15.5. The highest BCUT2D eigenvalue weighted by molar-refractivity contribution is 7.00. The Morgan fingerprint density at radius 3 is 1.00 bits per heavy atom. The minimum absolute atomic E-state index is 0.0670. The molecule has 2 nitrogen and oxygen atoms in total. The van der Waals surface area contributed by atoms with Gasteiger partial charge in [0.15, 0.2) is 0 Å². The molecule has 17 rings (SSSR count). The summed E-state index contributed by atoms with van der Waals surface area (Å²) in [6.07, 6.45) is 0. The number of para-hydroxylation sites is 2. The molecule has 2 spiro atoms. The molecule has 0 saturated carbocycles. The van der Waals surface area contributed by atoms with E-state index in [0.29, 0.717) is 0 Å². The van der Waals surface area contributed by atoms with Gasteiger partial charge in [-0.1, -0.05) is 188 Å². The van der Waals surface area contributed by atoms with Crippen LogP contribution in [0.1, 0.15) is 44.5 Å². The Labute approximate surface area is 364 Å². The standard InChI is InChI=1S/C60H33BN2/c1-7-24-42-34(16-1)35-17-2-8-25-43(35)59(42)46-28-11-5-20-38(46)57-52(59)40-22-13-30-48-55(40)62(57)50-32-15-33-51-54(50)61(48)49-31-14-23-41-53-58(63(51)56(41)49)39-21-6-12-29-47(39)60(53)44-26-9-3-18-36(44)37-19-4-10-27-45(37)60/h1-33H. The zero-order valence-corrected chi connectivity index (χ0v) is 34.0. The van der Waals surface area contributed by atoms with Crippen molar-refractivity contribution in [3.8, 4) is 56.1 Å². The van der Waals surface area contributed by atoms with Gasteiger partial charge < -0.3 is 9.13 Å². The third kappa shape index (κ3) is 3.15. The van der Waals surface area contributed by atoms with Crippen LogP contribution in [-0.4, -0.2) is 15.8 Å². The number of benzene rings is 9. The van der Waals surface area contributed by atoms with Gasteiger partial charge >= 0.3 is 0 Å². The van der Waals surface area contributed by atoms with Gasteiger partial charge in [-0.2, -0.15) is 0 Å². The van der Waals surface area contributed by atoms with Crippen molar-refractivity contribution >= 4 is 44.9 Å². The summed E-state index contributed by atoms with van der Waals surface area (Å²) in [5.74, 6) is 0. The van der Waals surface area contributed by atoms with E-state index in [-0.39, 0.29) is 6.71 Å². The minimum Gasteiger partial charge on any atom is -0.310 e. The van der Waals surface area contributed by atoms with E-state index in [9.17, 15) is 0 Å². The lowest BCUT2D eigenvalue weighted by Crippen LogP contribution is -2.59. The first-order chi connectivity index (χ1) is 31.3. The molecular weight excluding hydrogens is 759 g/mol. The predicted octanol–water partition coefficient (Wildman–Crippen LogP) is 11.4. The zero-order valence-electron chi connectivity index (χ0n) is 34.0. The predicted molar refractivity (Wildman–Crippen MR) is 257 cm³/mol. The van der Waals surface area contributed by atoms with E-state index in [1.54, 1.807) is 0 Å². The van der Waals surface area contributed by atoms with Crippen molar-refractivity contribution in [2.45, 2.75) is 10.8 Å². The molecule has 0 saturated heterocycles. The molecule has 9 aromatic carbocycles. The van der Waals surface area contributed by atoms with Crippen LogP contribution < -0.4 is 16.4 Å². The van der Waals surface area contributed by atoms with Crippen molar-refractivity contribution in [3.05, 3.63) is 245 Å². The minimum atomic E-state index is -0.434. The van der Waals surface area contributed by atoms with Gasteiger partial charge in [0.05, 0.1) is 22.2 Å². The van der Waals surface area contributed by atoms with Gasteiger partial charge in [0, 0.05) is 55.4 Å². The molecule has 0 bridgehead atoms. The molecule has 0 radical (unpaired) electrons. The molecule has 11 aromatic rings. The average molecular weight is 793 g/mol. The van der Waals surface area contributed by atoms with Gasteiger partial charge in [0.2, 0.25) is 0 Å². The second kappa shape index (κ2) is 10.4. The van der Waals surface area contributed by atoms with Crippen molar-refractivity contribution in [1.29, 1.82) is 0 Å². The number of hydrogen-bond donors (Lipinski definition) is 0. The van der Waals surface area contributed by atoms with E-state index >= 15 is 0 Å². The summed E-state index contributed by atoms with van der Waals surface area (Å²) in [5.41, 5.74) is 30.4. The summed E-state index contributed by atoms with van der Waals surface area (Å²) >= 11 is 0. The molecule has 4 heterocycles. The Balaban J connectivity index is 1.03. The lowest BCUT2D eigenvalue weighted by Gasteiger charge is -2.34. The lowest BCUT2D eigenvalue weighted by atomic mass is 9.34. The van der Waals surface area contributed by atoms with Crippen molar-refractivity contribution in [2.75, 3.05) is 0 Å². The van der Waals surface area contributed by atoms with E-state index in [4.69, 9.17) is 0 Å². The summed E-state index contributed by atoms with van der Waals surface area (Å²) in [7, 11) is 0. The highest BCUT2D eigenvalue weighted by atomic mass is 15.1. The molecule has 6 aliphatic rings. The number of hydrogen-bond acceptors (Lipinski definition) is 0. The van der Waals surface area contributed by atoms with Gasteiger partial charge in [-0.3, -0.25) is 0 Å². The molecular formula is C60H33BN2. The summed E-state index contributed by atoms with van der Waals surface area (Å²) in [4.78, 5) is 0. The lowest BCUT2D eigenvalue weighted by molar-refractivity contribution is 0.801. The van der Waals surface area contributed by atoms with E-state index in [2.05, 4.69) is 209 Å². The molecule has 0 N–H and O–H groups in total. The summed E-state index contributed by atoms with van der Waals surface area (Å²) in [5, 5.41) is 2.70. The zero-order chi connectivity index (χ0) is 40.5. The Bertz CT molecular complexity index is 3660. The fourth-order valence-electron chi connectivity index (χ4n) is 14.5. The maximum atomic E-state index is 2.69. The van der Waals surface area contributed by atoms with Gasteiger partial charge in [0.1, 0.15) is 0 Å². The van der Waals surface area contributed by atoms with Crippen molar-refractivity contribution in [1.82, 2.24) is 9.13 Å². The van der Waals surface area contributed by atoms with Gasteiger partial charge in [-0.15, -0.1) is 0 Å². The Morgan fingerprint density at radius 2 is 0.619 bits per heavy atom. The van der Waals surface area contributed by atoms with Crippen LogP contribution in [0.4, 0.5) is 0 Å². The number of fused-ring (bicyclic) bond motifs is 28.